The van der Waals surface area contributed by atoms with Crippen molar-refractivity contribution in [2.24, 2.45) is 0 Å². The van der Waals surface area contributed by atoms with Gasteiger partial charge in [0.15, 0.2) is 6.61 Å². The highest BCUT2D eigenvalue weighted by Gasteiger charge is 2.27. The quantitative estimate of drug-likeness (QED) is 0.513. The fourth-order valence-corrected chi connectivity index (χ4v) is 4.72. The number of rotatable bonds is 5. The first-order valence-electron chi connectivity index (χ1n) is 9.14. The molecule has 150 valence electrons. The van der Waals surface area contributed by atoms with Gasteiger partial charge in [-0.05, 0) is 43.2 Å². The van der Waals surface area contributed by atoms with E-state index in [9.17, 15) is 18.0 Å². The largest absolute Gasteiger partial charge is 0.454 e. The number of carbonyl (C=O) groups is 2. The summed E-state index contributed by atoms with van der Waals surface area (Å²) >= 11 is 0. The number of H-pyrrole nitrogens is 1. The molecule has 0 saturated carbocycles. The number of nitrogens with zero attached hydrogens (tertiary/aromatic N) is 1. The van der Waals surface area contributed by atoms with Gasteiger partial charge in [0, 0.05) is 28.7 Å². The Balaban J connectivity index is 1.49. The second-order valence-electron chi connectivity index (χ2n) is 7.10. The zero-order chi connectivity index (χ0) is 20.8. The second-order valence-corrected chi connectivity index (χ2v) is 9.01. The third-order valence-electron chi connectivity index (χ3n) is 5.08. The van der Waals surface area contributed by atoms with Crippen LogP contribution < -0.4 is 4.31 Å². The van der Waals surface area contributed by atoms with Crippen molar-refractivity contribution in [3.8, 4) is 0 Å². The molecule has 1 aromatic heterocycles. The number of hydrogen-bond donors (Lipinski definition) is 1. The van der Waals surface area contributed by atoms with Crippen molar-refractivity contribution in [3.05, 3.63) is 64.8 Å². The van der Waals surface area contributed by atoms with Crippen molar-refractivity contribution in [1.82, 2.24) is 4.98 Å². The molecule has 0 amide bonds. The van der Waals surface area contributed by atoms with Gasteiger partial charge in [-0.2, -0.15) is 0 Å². The van der Waals surface area contributed by atoms with Crippen molar-refractivity contribution in [2.45, 2.75) is 13.3 Å². The Labute approximate surface area is 168 Å². The molecule has 0 bridgehead atoms. The number of benzene rings is 2. The van der Waals surface area contributed by atoms with Crippen LogP contribution in [0.15, 0.2) is 42.5 Å². The Kier molecular flexibility index (Phi) is 4.66. The predicted molar refractivity (Wildman–Crippen MR) is 110 cm³/mol. The van der Waals surface area contributed by atoms with E-state index >= 15 is 0 Å². The zero-order valence-corrected chi connectivity index (χ0v) is 16.9. The fourth-order valence-electron chi connectivity index (χ4n) is 3.77. The molecule has 4 rings (SSSR count). The average Bonchev–Trinajstić information content (AvgIpc) is 3.25. The van der Waals surface area contributed by atoms with Crippen LogP contribution in [0.5, 0.6) is 0 Å². The third-order valence-corrected chi connectivity index (χ3v) is 6.26. The minimum atomic E-state index is -3.35. The van der Waals surface area contributed by atoms with Crippen LogP contribution in [-0.4, -0.2) is 44.6 Å². The summed E-state index contributed by atoms with van der Waals surface area (Å²) in [4.78, 5) is 28.2. The summed E-state index contributed by atoms with van der Waals surface area (Å²) in [5.74, 6) is -0.894. The maximum Gasteiger partial charge on any atom is 0.338 e. The molecule has 0 spiro atoms. The highest BCUT2D eigenvalue weighted by atomic mass is 32.2. The molecule has 0 fully saturated rings. The molecule has 0 aliphatic carbocycles. The highest BCUT2D eigenvalue weighted by molar-refractivity contribution is 7.92. The first kappa shape index (κ1) is 19.2. The van der Waals surface area contributed by atoms with Crippen molar-refractivity contribution < 1.29 is 22.7 Å². The van der Waals surface area contributed by atoms with Crippen LogP contribution in [0.2, 0.25) is 0 Å². The minimum Gasteiger partial charge on any atom is -0.454 e. The maximum atomic E-state index is 12.6. The number of aromatic nitrogens is 1. The van der Waals surface area contributed by atoms with Gasteiger partial charge >= 0.3 is 5.97 Å². The van der Waals surface area contributed by atoms with Gasteiger partial charge < -0.3 is 9.72 Å². The summed E-state index contributed by atoms with van der Waals surface area (Å²) in [5.41, 5.74) is 3.74. The number of fused-ring (bicyclic) bond motifs is 2. The normalized spacial score (nSPS) is 13.5. The van der Waals surface area contributed by atoms with Crippen LogP contribution in [0.3, 0.4) is 0 Å². The zero-order valence-electron chi connectivity index (χ0n) is 16.1. The van der Waals surface area contributed by atoms with Crippen LogP contribution >= 0.6 is 0 Å². The Morgan fingerprint density at radius 3 is 2.69 bits per heavy atom. The summed E-state index contributed by atoms with van der Waals surface area (Å²) < 4.78 is 30.2. The van der Waals surface area contributed by atoms with Gasteiger partial charge in [0.1, 0.15) is 0 Å². The molecule has 29 heavy (non-hydrogen) atoms. The molecular weight excluding hydrogens is 392 g/mol. The summed E-state index contributed by atoms with van der Waals surface area (Å²) in [7, 11) is -3.35. The summed E-state index contributed by atoms with van der Waals surface area (Å²) in [6.07, 6.45) is 1.68. The van der Waals surface area contributed by atoms with E-state index in [2.05, 4.69) is 4.98 Å². The van der Waals surface area contributed by atoms with Gasteiger partial charge in [-0.15, -0.1) is 0 Å². The molecule has 2 heterocycles. The van der Waals surface area contributed by atoms with E-state index in [0.29, 0.717) is 29.8 Å². The van der Waals surface area contributed by atoms with E-state index in [0.717, 1.165) is 28.4 Å². The van der Waals surface area contributed by atoms with Gasteiger partial charge in [-0.1, -0.05) is 18.2 Å². The van der Waals surface area contributed by atoms with Crippen LogP contribution in [-0.2, 0) is 21.2 Å². The molecule has 0 saturated heterocycles. The predicted octanol–water partition coefficient (Wildman–Crippen LogP) is 2.84. The number of hydrogen-bond acceptors (Lipinski definition) is 5. The number of esters is 1. The van der Waals surface area contributed by atoms with Crippen LogP contribution in [0.1, 0.15) is 32.0 Å². The number of para-hydroxylation sites is 1. The van der Waals surface area contributed by atoms with Crippen molar-refractivity contribution >= 4 is 38.4 Å². The molecule has 8 heteroatoms. The lowest BCUT2D eigenvalue weighted by atomic mass is 10.1. The van der Waals surface area contributed by atoms with Gasteiger partial charge in [0.05, 0.1) is 17.5 Å². The average molecular weight is 412 g/mol. The summed E-state index contributed by atoms with van der Waals surface area (Å²) in [5, 5.41) is 0.796. The van der Waals surface area contributed by atoms with Gasteiger partial charge in [-0.3, -0.25) is 9.10 Å². The summed E-state index contributed by atoms with van der Waals surface area (Å²) in [6.45, 7) is 1.79. The standard InChI is InChI=1S/C21H20N2O5S/c1-13-20(16-5-3-4-6-17(16)22-13)19(24)12-28-21(25)15-7-8-18-14(11-15)9-10-23(18)29(2,26)27/h3-8,11,22H,9-10,12H2,1-2H3. The minimum absolute atomic E-state index is 0.280. The third kappa shape index (κ3) is 3.51. The number of carbonyl (C=O) groups excluding carboxylic acids is 2. The van der Waals surface area contributed by atoms with Gasteiger partial charge in [-0.25, -0.2) is 13.2 Å². The monoisotopic (exact) mass is 412 g/mol. The molecule has 1 N–H and O–H groups in total. The molecule has 3 aromatic rings. The van der Waals surface area contributed by atoms with E-state index in [4.69, 9.17) is 4.74 Å². The fraction of sp³-hybridized carbons (Fsp3) is 0.238. The molecule has 1 aliphatic heterocycles. The van der Waals surface area contributed by atoms with Gasteiger partial charge in [0.2, 0.25) is 15.8 Å². The van der Waals surface area contributed by atoms with E-state index in [-0.39, 0.29) is 12.4 Å². The lowest BCUT2D eigenvalue weighted by Gasteiger charge is -2.16. The molecule has 0 radical (unpaired) electrons. The number of ketones is 1. The maximum absolute atomic E-state index is 12.6. The van der Waals surface area contributed by atoms with Crippen LogP contribution in [0.25, 0.3) is 10.9 Å². The van der Waals surface area contributed by atoms with Crippen molar-refractivity contribution in [2.75, 3.05) is 23.7 Å². The van der Waals surface area contributed by atoms with Crippen LogP contribution in [0, 0.1) is 6.92 Å². The molecule has 0 unspecified atom stereocenters. The highest BCUT2D eigenvalue weighted by Crippen LogP contribution is 2.31. The number of aromatic amines is 1. The number of Topliss-reactive ketones (excluding diaryl/α,β-unsaturated/α-hetero) is 1. The summed E-state index contributed by atoms with van der Waals surface area (Å²) in [6, 6.07) is 12.2. The van der Waals surface area contributed by atoms with E-state index in [1.54, 1.807) is 12.1 Å². The SMILES string of the molecule is Cc1[nH]c2ccccc2c1C(=O)COC(=O)c1ccc2c(c1)CCN2S(C)(=O)=O. The first-order valence-corrected chi connectivity index (χ1v) is 11.0. The molecular formula is C21H20N2O5S. The second kappa shape index (κ2) is 7.04. The lowest BCUT2D eigenvalue weighted by Crippen LogP contribution is -2.27. The van der Waals surface area contributed by atoms with E-state index < -0.39 is 16.0 Å². The van der Waals surface area contributed by atoms with E-state index in [1.165, 1.54) is 10.4 Å². The van der Waals surface area contributed by atoms with Crippen molar-refractivity contribution in [1.29, 1.82) is 0 Å². The topological polar surface area (TPSA) is 96.5 Å². The van der Waals surface area contributed by atoms with Crippen LogP contribution in [0.4, 0.5) is 5.69 Å². The smallest absolute Gasteiger partial charge is 0.338 e. The van der Waals surface area contributed by atoms with E-state index in [1.807, 2.05) is 31.2 Å². The number of sulfonamides is 1. The molecule has 7 nitrogen and oxygen atoms in total. The number of anilines is 1. The van der Waals surface area contributed by atoms with Gasteiger partial charge in [0.25, 0.3) is 0 Å². The number of aryl methyl sites for hydroxylation is 1. The number of nitrogens with one attached hydrogen (secondary N) is 1. The Morgan fingerprint density at radius 2 is 1.93 bits per heavy atom. The first-order chi connectivity index (χ1) is 13.8. The molecule has 2 aromatic carbocycles. The number of ether oxygens (including phenoxy) is 1. The Bertz CT molecular complexity index is 1240. The lowest BCUT2D eigenvalue weighted by molar-refractivity contribution is 0.0475. The molecule has 1 aliphatic rings. The Hall–Kier alpha value is -3.13. The van der Waals surface area contributed by atoms with Crippen molar-refractivity contribution in [3.63, 3.8) is 0 Å². The molecule has 0 atom stereocenters. The Morgan fingerprint density at radius 1 is 1.17 bits per heavy atom.